The van der Waals surface area contributed by atoms with Gasteiger partial charge in [-0.1, -0.05) is 35.7 Å². The number of rotatable bonds is 2. The number of carbonyl (C=O) groups is 3. The minimum Gasteiger partial charge on any atom is -0.462 e. The molecule has 0 unspecified atom stereocenters. The Bertz CT molecular complexity index is 833. The average molecular weight is 360 g/mol. The fraction of sp³-hybridized carbons (Fsp3) is 0.250. The second-order valence-corrected chi connectivity index (χ2v) is 7.99. The van der Waals surface area contributed by atoms with Crippen molar-refractivity contribution >= 4 is 46.9 Å². The lowest BCUT2D eigenvalue weighted by Crippen LogP contribution is -2.55. The third-order valence-electron chi connectivity index (χ3n) is 3.66. The highest BCUT2D eigenvalue weighted by molar-refractivity contribution is 8.41. The van der Waals surface area contributed by atoms with Crippen molar-refractivity contribution in [1.82, 2.24) is 0 Å². The number of amides is 1. The number of hydrogen-bond donors (Lipinski definition) is 0. The number of carbonyl (C=O) groups excluding carboxylic acids is 3. The number of anilines is 1. The molecule has 24 heavy (non-hydrogen) atoms. The quantitative estimate of drug-likeness (QED) is 0.346. The highest BCUT2D eigenvalue weighted by atomic mass is 32.3. The maximum Gasteiger partial charge on any atom is 0.350 e. The van der Waals surface area contributed by atoms with Gasteiger partial charge in [-0.2, -0.15) is 5.26 Å². The number of nitrogens with zero attached hydrogens (tertiary/aromatic N) is 2. The predicted molar refractivity (Wildman–Crippen MR) is 91.4 cm³/mol. The number of hydrogen-bond acceptors (Lipinski definition) is 7. The number of ether oxygens (including phenoxy) is 1. The zero-order chi connectivity index (χ0) is 17.5. The molecule has 0 aliphatic carbocycles. The molecule has 0 saturated carbocycles. The smallest absolute Gasteiger partial charge is 0.350 e. The van der Waals surface area contributed by atoms with Gasteiger partial charge in [0.2, 0.25) is 9.86 Å². The topological polar surface area (TPSA) is 87.5 Å². The molecular formula is C16H12N2O4S2. The van der Waals surface area contributed by atoms with Crippen LogP contribution in [0.15, 0.2) is 34.1 Å². The summed E-state index contributed by atoms with van der Waals surface area (Å²) in [4.78, 5) is 38.7. The first kappa shape index (κ1) is 16.6. The van der Waals surface area contributed by atoms with Gasteiger partial charge in [-0.15, -0.1) is 0 Å². The van der Waals surface area contributed by atoms with Crippen molar-refractivity contribution in [3.63, 3.8) is 0 Å². The molecule has 1 fully saturated rings. The Hall–Kier alpha value is -2.24. The molecule has 1 aromatic rings. The predicted octanol–water partition coefficient (Wildman–Crippen LogP) is 2.32. The Morgan fingerprint density at radius 1 is 1.33 bits per heavy atom. The zero-order valence-electron chi connectivity index (χ0n) is 12.9. The van der Waals surface area contributed by atoms with Crippen LogP contribution >= 0.6 is 23.5 Å². The normalized spacial score (nSPS) is 21.9. The van der Waals surface area contributed by atoms with Crippen LogP contribution in [-0.2, 0) is 14.3 Å². The molecule has 1 saturated heterocycles. The fourth-order valence-corrected chi connectivity index (χ4v) is 5.34. The van der Waals surface area contributed by atoms with Gasteiger partial charge in [-0.05, 0) is 19.1 Å². The van der Waals surface area contributed by atoms with Gasteiger partial charge in [0.25, 0.3) is 5.91 Å². The van der Waals surface area contributed by atoms with E-state index in [0.29, 0.717) is 15.5 Å². The number of thioether (sulfide) groups is 2. The van der Waals surface area contributed by atoms with Crippen molar-refractivity contribution in [2.24, 2.45) is 0 Å². The Morgan fingerprint density at radius 2 is 2.00 bits per heavy atom. The molecule has 1 spiro atoms. The lowest BCUT2D eigenvalue weighted by molar-refractivity contribution is -0.138. The van der Waals surface area contributed by atoms with Crippen molar-refractivity contribution in [3.8, 4) is 6.07 Å². The molecule has 3 rings (SSSR count). The van der Waals surface area contributed by atoms with E-state index >= 15 is 0 Å². The first-order chi connectivity index (χ1) is 11.5. The fourth-order valence-electron chi connectivity index (χ4n) is 2.49. The Labute approximate surface area is 146 Å². The van der Waals surface area contributed by atoms with E-state index in [9.17, 15) is 19.6 Å². The number of ketones is 1. The molecular weight excluding hydrogens is 348 g/mol. The lowest BCUT2D eigenvalue weighted by Gasteiger charge is -2.44. The van der Waals surface area contributed by atoms with Gasteiger partial charge in [0, 0.05) is 12.6 Å². The standard InChI is InChI=1S/C16H12N2O4S2/c1-3-22-13(20)10(8-17)14-23-16(24-14)12(19)9-6-4-5-7-11(9)18(2)15(16)21/h4-7H,3H2,1-2H3. The van der Waals surface area contributed by atoms with E-state index in [4.69, 9.17) is 4.74 Å². The third kappa shape index (κ3) is 2.24. The maximum absolute atomic E-state index is 12.8. The highest BCUT2D eigenvalue weighted by Crippen LogP contribution is 2.64. The molecule has 0 radical (unpaired) electrons. The summed E-state index contributed by atoms with van der Waals surface area (Å²) in [6.45, 7) is 1.78. The summed E-state index contributed by atoms with van der Waals surface area (Å²) in [5, 5.41) is 9.17. The van der Waals surface area contributed by atoms with Crippen LogP contribution in [0.2, 0.25) is 0 Å². The van der Waals surface area contributed by atoms with Crippen molar-refractivity contribution in [2.45, 2.75) is 11.0 Å². The summed E-state index contributed by atoms with van der Waals surface area (Å²) in [6, 6.07) is 8.67. The van der Waals surface area contributed by atoms with Gasteiger partial charge < -0.3 is 9.64 Å². The molecule has 2 aliphatic heterocycles. The SMILES string of the molecule is CCOC(=O)C(C#N)=C1SC2(S1)C(=O)c1ccccc1N(C)C2=O. The molecule has 0 aromatic heterocycles. The van der Waals surface area contributed by atoms with Gasteiger partial charge >= 0.3 is 5.97 Å². The van der Waals surface area contributed by atoms with Gasteiger partial charge in [-0.3, -0.25) is 9.59 Å². The minimum absolute atomic E-state index is 0.145. The molecule has 2 aliphatic rings. The Kier molecular flexibility index (Phi) is 4.15. The Balaban J connectivity index is 1.98. The van der Waals surface area contributed by atoms with Crippen molar-refractivity contribution < 1.29 is 19.1 Å². The summed E-state index contributed by atoms with van der Waals surface area (Å²) < 4.78 is 3.80. The summed E-state index contributed by atoms with van der Waals surface area (Å²) >= 11 is 1.89. The van der Waals surface area contributed by atoms with Crippen LogP contribution < -0.4 is 4.90 Å². The third-order valence-corrected chi connectivity index (χ3v) is 6.74. The van der Waals surface area contributed by atoms with Crippen molar-refractivity contribution in [1.29, 1.82) is 5.26 Å². The van der Waals surface area contributed by atoms with Crippen LogP contribution in [-0.4, -0.2) is 35.4 Å². The minimum atomic E-state index is -1.37. The van der Waals surface area contributed by atoms with Gasteiger partial charge in [0.05, 0.1) is 16.5 Å². The molecule has 0 bridgehead atoms. The first-order valence-corrected chi connectivity index (χ1v) is 8.71. The molecule has 6 nitrogen and oxygen atoms in total. The Morgan fingerprint density at radius 3 is 2.62 bits per heavy atom. The number of Topliss-reactive ketones (excluding diaryl/α,β-unsaturated/α-hetero) is 1. The van der Waals surface area contributed by atoms with Crippen LogP contribution in [0.5, 0.6) is 0 Å². The molecule has 1 aromatic carbocycles. The number of fused-ring (bicyclic) bond motifs is 1. The summed E-state index contributed by atoms with van der Waals surface area (Å²) in [5.74, 6) is -1.43. The number of para-hydroxylation sites is 1. The van der Waals surface area contributed by atoms with Gasteiger partial charge in [0.15, 0.2) is 5.57 Å². The van der Waals surface area contributed by atoms with Crippen molar-refractivity contribution in [3.05, 3.63) is 39.6 Å². The molecule has 0 atom stereocenters. The van der Waals surface area contributed by atoms with Crippen LogP contribution in [0.1, 0.15) is 17.3 Å². The second-order valence-electron chi connectivity index (χ2n) is 5.03. The number of nitriles is 1. The monoisotopic (exact) mass is 360 g/mol. The number of esters is 1. The van der Waals surface area contributed by atoms with Crippen LogP contribution in [0.25, 0.3) is 0 Å². The summed E-state index contributed by atoms with van der Waals surface area (Å²) in [6.07, 6.45) is 0. The van der Waals surface area contributed by atoms with Gasteiger partial charge in [0.1, 0.15) is 6.07 Å². The van der Waals surface area contributed by atoms with Crippen LogP contribution in [0.4, 0.5) is 5.69 Å². The van der Waals surface area contributed by atoms with E-state index in [1.165, 1.54) is 4.90 Å². The molecule has 1 amide bonds. The van der Waals surface area contributed by atoms with Gasteiger partial charge in [-0.25, -0.2) is 4.79 Å². The van der Waals surface area contributed by atoms with E-state index < -0.39 is 10.0 Å². The molecule has 0 N–H and O–H groups in total. The van der Waals surface area contributed by atoms with E-state index in [-0.39, 0.29) is 23.9 Å². The van der Waals surface area contributed by atoms with Crippen LogP contribution in [0.3, 0.4) is 0 Å². The van der Waals surface area contributed by atoms with E-state index in [2.05, 4.69) is 0 Å². The maximum atomic E-state index is 12.8. The summed E-state index contributed by atoms with van der Waals surface area (Å²) in [7, 11) is 1.61. The van der Waals surface area contributed by atoms with E-state index in [0.717, 1.165) is 23.5 Å². The largest absolute Gasteiger partial charge is 0.462 e. The van der Waals surface area contributed by atoms with Crippen LogP contribution in [0, 0.1) is 11.3 Å². The molecule has 2 heterocycles. The van der Waals surface area contributed by atoms with Crippen molar-refractivity contribution in [2.75, 3.05) is 18.6 Å². The molecule has 122 valence electrons. The highest BCUT2D eigenvalue weighted by Gasteiger charge is 2.61. The molecule has 8 heteroatoms. The van der Waals surface area contributed by atoms with E-state index in [1.807, 2.05) is 0 Å². The number of benzene rings is 1. The second kappa shape index (κ2) is 6.00. The van der Waals surface area contributed by atoms with E-state index in [1.54, 1.807) is 44.3 Å². The zero-order valence-corrected chi connectivity index (χ0v) is 14.5. The first-order valence-electron chi connectivity index (χ1n) is 7.07. The average Bonchev–Trinajstić information content (AvgIpc) is 2.55. The lowest BCUT2D eigenvalue weighted by atomic mass is 9.99. The summed E-state index contributed by atoms with van der Waals surface area (Å²) in [5.41, 5.74) is 0.843.